The first-order valence-electron chi connectivity index (χ1n) is 22.5. The summed E-state index contributed by atoms with van der Waals surface area (Å²) in [4.78, 5) is 31.2. The second-order valence-electron chi connectivity index (χ2n) is 15.9. The Morgan fingerprint density at radius 2 is 0.814 bits per heavy atom. The molecule has 326 valence electrons. The summed E-state index contributed by atoms with van der Waals surface area (Å²) in [5, 5.41) is 0. The second kappa shape index (κ2) is 31.6. The molecule has 0 spiro atoms. The summed E-state index contributed by atoms with van der Waals surface area (Å²) >= 11 is 0. The van der Waals surface area contributed by atoms with Crippen molar-refractivity contribution in [1.29, 1.82) is 0 Å². The lowest BCUT2D eigenvalue weighted by molar-refractivity contribution is -0.693. The van der Waals surface area contributed by atoms with Gasteiger partial charge in [-0.05, 0) is 18.4 Å². The zero-order valence-electron chi connectivity index (χ0n) is 36.4. The third-order valence-electron chi connectivity index (χ3n) is 11.3. The fourth-order valence-electron chi connectivity index (χ4n) is 7.92. The van der Waals surface area contributed by atoms with Crippen LogP contribution < -0.4 is 43.1 Å². The smallest absolute Gasteiger partial charge is 0.337 e. The highest BCUT2D eigenvalue weighted by molar-refractivity contribution is 6.00. The molecule has 3 heterocycles. The number of halogens is 2. The second-order valence-corrected chi connectivity index (χ2v) is 15.9. The van der Waals surface area contributed by atoms with Gasteiger partial charge in [0.1, 0.15) is 0 Å². The molecule has 0 aliphatic carbocycles. The SMILES string of the molecule is CCCCCCCCCCCCOC(=O)C1=C(C[n+]2ccccc2)N(C)C(C[n+]2ccccc2)=C(C(=O)OCCCCCCCCCCCC)C1c1ccccc1.[Br-].[Br-]. The number of esters is 2. The van der Waals surface area contributed by atoms with E-state index in [4.69, 9.17) is 9.47 Å². The molecule has 1 aromatic carbocycles. The summed E-state index contributed by atoms with van der Waals surface area (Å²) < 4.78 is 16.5. The number of nitrogens with zero attached hydrogens (tertiary/aromatic N) is 3. The number of pyridine rings is 2. The van der Waals surface area contributed by atoms with E-state index in [1.165, 1.54) is 89.9 Å². The minimum atomic E-state index is -0.651. The fraction of sp³-hybridized carbons (Fsp3) is 0.560. The molecule has 0 unspecified atom stereocenters. The van der Waals surface area contributed by atoms with E-state index in [0.717, 1.165) is 55.5 Å². The van der Waals surface area contributed by atoms with Crippen molar-refractivity contribution in [3.8, 4) is 0 Å². The average Bonchev–Trinajstić information content (AvgIpc) is 3.24. The van der Waals surface area contributed by atoms with Gasteiger partial charge in [-0.3, -0.25) is 0 Å². The number of ether oxygens (including phenoxy) is 2. The van der Waals surface area contributed by atoms with Crippen LogP contribution >= 0.6 is 0 Å². The van der Waals surface area contributed by atoms with E-state index in [9.17, 15) is 9.59 Å². The summed E-state index contributed by atoms with van der Waals surface area (Å²) in [7, 11) is 1.98. The highest BCUT2D eigenvalue weighted by Gasteiger charge is 2.44. The van der Waals surface area contributed by atoms with Crippen LogP contribution in [0, 0.1) is 0 Å². The molecule has 1 aliphatic heterocycles. The topological polar surface area (TPSA) is 63.6 Å². The van der Waals surface area contributed by atoms with Gasteiger partial charge in [-0.2, -0.15) is 9.13 Å². The quantitative estimate of drug-likeness (QED) is 0.0550. The van der Waals surface area contributed by atoms with Gasteiger partial charge in [0, 0.05) is 31.3 Å². The van der Waals surface area contributed by atoms with Crippen molar-refractivity contribution in [2.75, 3.05) is 20.3 Å². The first kappa shape index (κ1) is 51.8. The Labute approximate surface area is 378 Å². The van der Waals surface area contributed by atoms with Gasteiger partial charge >= 0.3 is 11.9 Å². The minimum Gasteiger partial charge on any atom is -1.00 e. The Bertz CT molecular complexity index is 1530. The monoisotopic (exact) mass is 937 g/mol. The van der Waals surface area contributed by atoms with Gasteiger partial charge in [-0.25, -0.2) is 9.59 Å². The van der Waals surface area contributed by atoms with Crippen molar-refractivity contribution < 1.29 is 62.2 Å². The summed E-state index contributed by atoms with van der Waals surface area (Å²) in [5.41, 5.74) is 3.49. The van der Waals surface area contributed by atoms with Crippen molar-refractivity contribution >= 4 is 11.9 Å². The molecule has 0 fully saturated rings. The van der Waals surface area contributed by atoms with Gasteiger partial charge in [0.2, 0.25) is 0 Å². The zero-order valence-corrected chi connectivity index (χ0v) is 39.6. The third kappa shape index (κ3) is 18.5. The summed E-state index contributed by atoms with van der Waals surface area (Å²) in [5.74, 6) is -1.39. The van der Waals surface area contributed by atoms with Crippen molar-refractivity contribution in [3.63, 3.8) is 0 Å². The van der Waals surface area contributed by atoms with E-state index in [2.05, 4.69) is 23.0 Å². The number of hydrogen-bond acceptors (Lipinski definition) is 5. The lowest BCUT2D eigenvalue weighted by Crippen LogP contribution is -3.00. The number of hydrogen-bond donors (Lipinski definition) is 0. The largest absolute Gasteiger partial charge is 1.00 e. The molecule has 4 rings (SSSR count). The Morgan fingerprint density at radius 3 is 1.17 bits per heavy atom. The first-order valence-corrected chi connectivity index (χ1v) is 22.5. The molecule has 9 heteroatoms. The van der Waals surface area contributed by atoms with Crippen LogP contribution in [-0.2, 0) is 32.2 Å². The maximum Gasteiger partial charge on any atom is 0.337 e. The predicted octanol–water partition coefficient (Wildman–Crippen LogP) is 5.14. The molecule has 59 heavy (non-hydrogen) atoms. The van der Waals surface area contributed by atoms with Crippen LogP contribution in [0.5, 0.6) is 0 Å². The third-order valence-corrected chi connectivity index (χ3v) is 11.3. The molecule has 0 atom stereocenters. The summed E-state index contributed by atoms with van der Waals surface area (Å²) in [6.45, 7) is 6.09. The lowest BCUT2D eigenvalue weighted by Gasteiger charge is -2.36. The number of benzene rings is 1. The lowest BCUT2D eigenvalue weighted by atomic mass is 9.79. The number of carbonyl (C=O) groups is 2. The van der Waals surface area contributed by atoms with Gasteiger partial charge in [-0.1, -0.05) is 172 Å². The number of unbranched alkanes of at least 4 members (excludes halogenated alkanes) is 18. The molecule has 0 bridgehead atoms. The van der Waals surface area contributed by atoms with Gasteiger partial charge < -0.3 is 48.3 Å². The number of allylic oxidation sites excluding steroid dienone is 2. The van der Waals surface area contributed by atoms with Crippen LogP contribution in [0.2, 0.25) is 0 Å². The standard InChI is InChI=1S/C50H73N3O4.2BrH/c1-4-6-8-10-12-14-16-18-20-31-39-56-49(54)47-44(41-52-35-27-23-28-36-52)51(3)45(42-53-37-29-24-30-38-53)48(46(47)43-33-25-22-26-34-43)50(55)57-40-32-21-19-17-15-13-11-9-7-5-2;;/h22-30,33-38,46H,4-21,31-32,39-42H2,1-3H3;2*1H/q+2;;/p-2. The number of aromatic nitrogens is 2. The molecule has 1 aliphatic rings. The minimum absolute atomic E-state index is 0. The van der Waals surface area contributed by atoms with Crippen LogP contribution in [0.15, 0.2) is 114 Å². The maximum absolute atomic E-state index is 14.6. The average molecular weight is 940 g/mol. The molecule has 7 nitrogen and oxygen atoms in total. The molecule has 2 aromatic heterocycles. The Balaban J connectivity index is 0.00000600. The van der Waals surface area contributed by atoms with Crippen LogP contribution in [-0.4, -0.2) is 37.1 Å². The molecular formula is C50H73Br2N3O4. The molecule has 0 radical (unpaired) electrons. The molecule has 0 N–H and O–H groups in total. The van der Waals surface area contributed by atoms with Gasteiger partial charge in [0.15, 0.2) is 37.9 Å². The first-order chi connectivity index (χ1) is 28.0. The van der Waals surface area contributed by atoms with E-state index < -0.39 is 5.92 Å². The summed E-state index contributed by atoms with van der Waals surface area (Å²) in [6.07, 6.45) is 32.2. The molecule has 0 saturated heterocycles. The zero-order chi connectivity index (χ0) is 40.3. The van der Waals surface area contributed by atoms with Gasteiger partial charge in [0.25, 0.3) is 0 Å². The molecule has 0 amide bonds. The van der Waals surface area contributed by atoms with Crippen molar-refractivity contribution in [1.82, 2.24) is 4.90 Å². The van der Waals surface area contributed by atoms with Gasteiger partial charge in [-0.15, -0.1) is 0 Å². The normalized spacial score (nSPS) is 12.9. The molecular weight excluding hydrogens is 866 g/mol. The van der Waals surface area contributed by atoms with Crippen LogP contribution in [0.4, 0.5) is 0 Å². The van der Waals surface area contributed by atoms with Crippen molar-refractivity contribution in [3.05, 3.63) is 120 Å². The number of carbonyl (C=O) groups excluding carboxylic acids is 2. The van der Waals surface area contributed by atoms with E-state index in [-0.39, 0.29) is 45.9 Å². The molecule has 3 aromatic rings. The van der Waals surface area contributed by atoms with Gasteiger partial charge in [0.05, 0.1) is 41.7 Å². The van der Waals surface area contributed by atoms with E-state index in [1.807, 2.05) is 103 Å². The maximum atomic E-state index is 14.6. The number of likely N-dealkylation sites (N-methyl/N-ethyl adjacent to an activating group) is 1. The number of rotatable bonds is 29. The summed E-state index contributed by atoms with van der Waals surface area (Å²) in [6, 6.07) is 21.9. The van der Waals surface area contributed by atoms with Crippen LogP contribution in [0.25, 0.3) is 0 Å². The van der Waals surface area contributed by atoms with Crippen molar-refractivity contribution in [2.45, 2.75) is 161 Å². The van der Waals surface area contributed by atoms with E-state index in [0.29, 0.717) is 37.4 Å². The fourth-order valence-corrected chi connectivity index (χ4v) is 7.92. The van der Waals surface area contributed by atoms with Crippen molar-refractivity contribution in [2.24, 2.45) is 0 Å². The predicted molar refractivity (Wildman–Crippen MR) is 230 cm³/mol. The Kier molecular flexibility index (Phi) is 27.7. The van der Waals surface area contributed by atoms with E-state index in [1.54, 1.807) is 0 Å². The van der Waals surface area contributed by atoms with Crippen LogP contribution in [0.3, 0.4) is 0 Å². The van der Waals surface area contributed by atoms with E-state index >= 15 is 0 Å². The Morgan fingerprint density at radius 1 is 0.492 bits per heavy atom. The highest BCUT2D eigenvalue weighted by atomic mass is 79.9. The Hall–Kier alpha value is -3.30. The van der Waals surface area contributed by atoms with Crippen LogP contribution in [0.1, 0.15) is 154 Å². The highest BCUT2D eigenvalue weighted by Crippen LogP contribution is 2.43. The molecule has 0 saturated carbocycles.